The zero-order valence-corrected chi connectivity index (χ0v) is 12.4. The number of hydrogen-bond donors (Lipinski definition) is 1. The standard InChI is InChI=1S/C15H19N5O/c1-3-13-18-12-5-7-20(6-4-11(12)14(21)19-13)15-16-8-10(2)9-17-15/h8-9H,3-7H2,1-2H3,(H,18,19,21). The summed E-state index contributed by atoms with van der Waals surface area (Å²) in [7, 11) is 0. The third kappa shape index (κ3) is 2.79. The first kappa shape index (κ1) is 13.7. The van der Waals surface area contributed by atoms with E-state index in [0.29, 0.717) is 6.42 Å². The number of nitrogens with one attached hydrogen (secondary N) is 1. The fourth-order valence-corrected chi connectivity index (χ4v) is 2.58. The van der Waals surface area contributed by atoms with Gasteiger partial charge in [-0.3, -0.25) is 4.79 Å². The predicted molar refractivity (Wildman–Crippen MR) is 80.6 cm³/mol. The van der Waals surface area contributed by atoms with Gasteiger partial charge in [-0.1, -0.05) is 6.92 Å². The molecule has 1 N–H and O–H groups in total. The molecule has 0 aromatic carbocycles. The molecule has 0 saturated heterocycles. The van der Waals surface area contributed by atoms with E-state index in [1.54, 1.807) is 0 Å². The minimum atomic E-state index is 0.00326. The van der Waals surface area contributed by atoms with Crippen molar-refractivity contribution in [3.05, 3.63) is 45.4 Å². The van der Waals surface area contributed by atoms with Crippen LogP contribution in [0.5, 0.6) is 0 Å². The number of aromatic amines is 1. The summed E-state index contributed by atoms with van der Waals surface area (Å²) >= 11 is 0. The third-order valence-electron chi connectivity index (χ3n) is 3.79. The van der Waals surface area contributed by atoms with Gasteiger partial charge in [-0.05, 0) is 18.9 Å². The highest BCUT2D eigenvalue weighted by molar-refractivity contribution is 5.33. The van der Waals surface area contributed by atoms with Gasteiger partial charge >= 0.3 is 0 Å². The number of anilines is 1. The molecular formula is C15H19N5O. The van der Waals surface area contributed by atoms with Crippen LogP contribution in [0.25, 0.3) is 0 Å². The van der Waals surface area contributed by atoms with E-state index in [4.69, 9.17) is 0 Å². The average molecular weight is 285 g/mol. The summed E-state index contributed by atoms with van der Waals surface area (Å²) in [5.41, 5.74) is 2.78. The van der Waals surface area contributed by atoms with Gasteiger partial charge in [0, 0.05) is 43.9 Å². The zero-order valence-electron chi connectivity index (χ0n) is 12.4. The fraction of sp³-hybridized carbons (Fsp3) is 0.467. The lowest BCUT2D eigenvalue weighted by Gasteiger charge is -2.19. The van der Waals surface area contributed by atoms with E-state index < -0.39 is 0 Å². The molecule has 0 fully saturated rings. The Morgan fingerprint density at radius 1 is 1.24 bits per heavy atom. The molecule has 0 radical (unpaired) electrons. The third-order valence-corrected chi connectivity index (χ3v) is 3.79. The molecule has 0 amide bonds. The molecule has 2 aromatic heterocycles. The van der Waals surface area contributed by atoms with Crippen molar-refractivity contribution in [1.29, 1.82) is 0 Å². The molecule has 0 bridgehead atoms. The van der Waals surface area contributed by atoms with Crippen molar-refractivity contribution >= 4 is 5.95 Å². The molecule has 0 unspecified atom stereocenters. The Hall–Kier alpha value is -2.24. The molecule has 21 heavy (non-hydrogen) atoms. The van der Waals surface area contributed by atoms with Gasteiger partial charge in [0.15, 0.2) is 0 Å². The number of rotatable bonds is 2. The molecule has 0 atom stereocenters. The summed E-state index contributed by atoms with van der Waals surface area (Å²) in [5, 5.41) is 0. The average Bonchev–Trinajstić information content (AvgIpc) is 2.71. The van der Waals surface area contributed by atoms with E-state index in [0.717, 1.165) is 54.5 Å². The Morgan fingerprint density at radius 2 is 1.95 bits per heavy atom. The van der Waals surface area contributed by atoms with Crippen LogP contribution in [0.1, 0.15) is 29.6 Å². The first-order valence-corrected chi connectivity index (χ1v) is 7.32. The van der Waals surface area contributed by atoms with Gasteiger partial charge in [0.05, 0.1) is 5.69 Å². The van der Waals surface area contributed by atoms with Crippen molar-refractivity contribution in [2.45, 2.75) is 33.1 Å². The van der Waals surface area contributed by atoms with Crippen molar-refractivity contribution in [1.82, 2.24) is 19.9 Å². The first-order chi connectivity index (χ1) is 10.2. The number of aryl methyl sites for hydroxylation is 2. The van der Waals surface area contributed by atoms with Crippen molar-refractivity contribution in [2.75, 3.05) is 18.0 Å². The normalized spacial score (nSPS) is 14.7. The van der Waals surface area contributed by atoms with Gasteiger partial charge < -0.3 is 9.88 Å². The minimum absolute atomic E-state index is 0.00326. The van der Waals surface area contributed by atoms with Crippen molar-refractivity contribution in [3.8, 4) is 0 Å². The molecule has 3 rings (SSSR count). The summed E-state index contributed by atoms with van der Waals surface area (Å²) in [6.07, 6.45) is 5.82. The smallest absolute Gasteiger partial charge is 0.254 e. The van der Waals surface area contributed by atoms with Crippen LogP contribution < -0.4 is 10.5 Å². The second kappa shape index (κ2) is 5.63. The van der Waals surface area contributed by atoms with Crippen LogP contribution in [0.2, 0.25) is 0 Å². The van der Waals surface area contributed by atoms with Crippen molar-refractivity contribution in [3.63, 3.8) is 0 Å². The highest BCUT2D eigenvalue weighted by Crippen LogP contribution is 2.15. The second-order valence-electron chi connectivity index (χ2n) is 5.34. The molecule has 110 valence electrons. The maximum absolute atomic E-state index is 12.1. The van der Waals surface area contributed by atoms with Crippen LogP contribution in [0.3, 0.4) is 0 Å². The molecule has 0 spiro atoms. The molecule has 6 nitrogen and oxygen atoms in total. The van der Waals surface area contributed by atoms with Gasteiger partial charge in [0.25, 0.3) is 5.56 Å². The van der Waals surface area contributed by atoms with Gasteiger partial charge in [-0.15, -0.1) is 0 Å². The Balaban J connectivity index is 1.87. The van der Waals surface area contributed by atoms with Gasteiger partial charge in [0.1, 0.15) is 5.82 Å². The van der Waals surface area contributed by atoms with E-state index in [-0.39, 0.29) is 5.56 Å². The number of nitrogens with zero attached hydrogens (tertiary/aromatic N) is 4. The Kier molecular flexibility index (Phi) is 3.68. The van der Waals surface area contributed by atoms with Crippen molar-refractivity contribution < 1.29 is 0 Å². The lowest BCUT2D eigenvalue weighted by molar-refractivity contribution is 0.767. The molecule has 6 heteroatoms. The van der Waals surface area contributed by atoms with E-state index in [2.05, 4.69) is 24.8 Å². The SMILES string of the molecule is CCc1nc2c(c(=O)[nH]1)CCN(c1ncc(C)cn1)CC2. The summed E-state index contributed by atoms with van der Waals surface area (Å²) in [5.74, 6) is 1.49. The van der Waals surface area contributed by atoms with Gasteiger partial charge in [0.2, 0.25) is 5.95 Å². The van der Waals surface area contributed by atoms with Crippen LogP contribution in [0.4, 0.5) is 5.95 Å². The van der Waals surface area contributed by atoms with Gasteiger partial charge in [-0.2, -0.15) is 0 Å². The maximum Gasteiger partial charge on any atom is 0.254 e. The van der Waals surface area contributed by atoms with E-state index in [1.807, 2.05) is 26.2 Å². The van der Waals surface area contributed by atoms with Crippen molar-refractivity contribution in [2.24, 2.45) is 0 Å². The summed E-state index contributed by atoms with van der Waals surface area (Å²) in [6, 6.07) is 0. The summed E-state index contributed by atoms with van der Waals surface area (Å²) in [4.78, 5) is 30.4. The molecule has 1 aliphatic rings. The van der Waals surface area contributed by atoms with Crippen LogP contribution in [0.15, 0.2) is 17.2 Å². The van der Waals surface area contributed by atoms with Crippen LogP contribution in [-0.2, 0) is 19.3 Å². The highest BCUT2D eigenvalue weighted by atomic mass is 16.1. The monoisotopic (exact) mass is 285 g/mol. The number of hydrogen-bond acceptors (Lipinski definition) is 5. The highest BCUT2D eigenvalue weighted by Gasteiger charge is 2.19. The molecule has 2 aromatic rings. The first-order valence-electron chi connectivity index (χ1n) is 7.32. The predicted octanol–water partition coefficient (Wildman–Crippen LogP) is 1.04. The van der Waals surface area contributed by atoms with Crippen LogP contribution >= 0.6 is 0 Å². The van der Waals surface area contributed by atoms with Crippen LogP contribution in [-0.4, -0.2) is 33.0 Å². The van der Waals surface area contributed by atoms with Gasteiger partial charge in [-0.25, -0.2) is 15.0 Å². The quantitative estimate of drug-likeness (QED) is 0.892. The lowest BCUT2D eigenvalue weighted by Crippen LogP contribution is -2.28. The topological polar surface area (TPSA) is 74.8 Å². The molecule has 1 aliphatic heterocycles. The number of aromatic nitrogens is 4. The van der Waals surface area contributed by atoms with E-state index >= 15 is 0 Å². The fourth-order valence-electron chi connectivity index (χ4n) is 2.58. The Bertz CT molecular complexity index is 692. The molecular weight excluding hydrogens is 266 g/mol. The Morgan fingerprint density at radius 3 is 2.67 bits per heavy atom. The number of H-pyrrole nitrogens is 1. The lowest BCUT2D eigenvalue weighted by atomic mass is 10.1. The summed E-state index contributed by atoms with van der Waals surface area (Å²) in [6.45, 7) is 5.49. The molecule has 3 heterocycles. The minimum Gasteiger partial charge on any atom is -0.340 e. The largest absolute Gasteiger partial charge is 0.340 e. The second-order valence-corrected chi connectivity index (χ2v) is 5.34. The zero-order chi connectivity index (χ0) is 14.8. The van der Waals surface area contributed by atoms with E-state index in [1.165, 1.54) is 0 Å². The van der Waals surface area contributed by atoms with Crippen LogP contribution in [0, 0.1) is 6.92 Å². The Labute approximate surface area is 123 Å². The maximum atomic E-state index is 12.1. The number of fused-ring (bicyclic) bond motifs is 1. The molecule has 0 aliphatic carbocycles. The van der Waals surface area contributed by atoms with E-state index in [9.17, 15) is 4.79 Å². The molecule has 0 saturated carbocycles. The summed E-state index contributed by atoms with van der Waals surface area (Å²) < 4.78 is 0.